The van der Waals surface area contributed by atoms with Crippen molar-refractivity contribution < 1.29 is 14.3 Å². The first-order valence-corrected chi connectivity index (χ1v) is 11.4. The Labute approximate surface area is 198 Å². The fraction of sp³-hybridized carbons (Fsp3) is 0.391. The molecule has 0 saturated heterocycles. The third-order valence-corrected chi connectivity index (χ3v) is 5.66. The summed E-state index contributed by atoms with van der Waals surface area (Å²) in [5.74, 6) is -0.141. The summed E-state index contributed by atoms with van der Waals surface area (Å²) in [5.41, 5.74) is 0.692. The molecule has 0 aromatic heterocycles. The average molecular weight is 486 g/mol. The minimum Gasteiger partial charge on any atom is -0.482 e. The predicted molar refractivity (Wildman–Crippen MR) is 126 cm³/mol. The summed E-state index contributed by atoms with van der Waals surface area (Å²) in [6.45, 7) is 4.37. The van der Waals surface area contributed by atoms with Gasteiger partial charge in [0.1, 0.15) is 11.8 Å². The van der Waals surface area contributed by atoms with E-state index in [9.17, 15) is 9.59 Å². The van der Waals surface area contributed by atoms with Crippen molar-refractivity contribution in [1.82, 2.24) is 10.2 Å². The number of benzene rings is 2. The molecule has 0 radical (unpaired) electrons. The van der Waals surface area contributed by atoms with Crippen molar-refractivity contribution in [2.45, 2.75) is 45.7 Å². The maximum Gasteiger partial charge on any atom is 0.261 e. The van der Waals surface area contributed by atoms with E-state index in [1.807, 2.05) is 13.8 Å². The SMILES string of the molecule is CCCCNC(=O)[C@@H](CC)N(Cc1ccc(Cl)cc1Cl)C(=O)COc1ccccc1Cl. The molecule has 0 bridgehead atoms. The second-order valence-electron chi connectivity index (χ2n) is 7.05. The van der Waals surface area contributed by atoms with Gasteiger partial charge in [0, 0.05) is 23.1 Å². The predicted octanol–water partition coefficient (Wildman–Crippen LogP) is 5.75. The molecule has 2 aromatic rings. The van der Waals surface area contributed by atoms with Gasteiger partial charge in [0.2, 0.25) is 5.91 Å². The number of hydrogen-bond acceptors (Lipinski definition) is 3. The number of nitrogens with zero attached hydrogens (tertiary/aromatic N) is 1. The minimum atomic E-state index is -0.661. The molecule has 1 N–H and O–H groups in total. The summed E-state index contributed by atoms with van der Waals surface area (Å²) in [6, 6.07) is 11.3. The average Bonchev–Trinajstić information content (AvgIpc) is 2.74. The lowest BCUT2D eigenvalue weighted by molar-refractivity contribution is -0.143. The summed E-state index contributed by atoms with van der Waals surface area (Å²) in [5, 5.41) is 4.25. The van der Waals surface area contributed by atoms with Crippen molar-refractivity contribution in [3.05, 3.63) is 63.1 Å². The van der Waals surface area contributed by atoms with Crippen LogP contribution < -0.4 is 10.1 Å². The topological polar surface area (TPSA) is 58.6 Å². The number of halogens is 3. The van der Waals surface area contributed by atoms with Gasteiger partial charge in [0.25, 0.3) is 5.91 Å². The van der Waals surface area contributed by atoms with Crippen LogP contribution in [0.3, 0.4) is 0 Å². The van der Waals surface area contributed by atoms with E-state index >= 15 is 0 Å². The van der Waals surface area contributed by atoms with Gasteiger partial charge in [-0.05, 0) is 42.7 Å². The highest BCUT2D eigenvalue weighted by molar-refractivity contribution is 6.35. The Kier molecular flexibility index (Phi) is 10.4. The first kappa shape index (κ1) is 25.3. The summed E-state index contributed by atoms with van der Waals surface area (Å²) in [6.07, 6.45) is 2.28. The first-order chi connectivity index (χ1) is 14.9. The normalized spacial score (nSPS) is 11.6. The number of amides is 2. The standard InChI is InChI=1S/C23H27Cl3N2O3/c1-3-5-12-27-23(30)20(4-2)28(14-16-10-11-17(24)13-19(16)26)22(29)15-31-21-9-7-6-8-18(21)25/h6-11,13,20H,3-5,12,14-15H2,1-2H3,(H,27,30)/t20-/m1/s1. The maximum atomic E-state index is 13.2. The molecule has 0 aliphatic rings. The van der Waals surface area contributed by atoms with Crippen molar-refractivity contribution in [2.24, 2.45) is 0 Å². The zero-order valence-electron chi connectivity index (χ0n) is 17.7. The smallest absolute Gasteiger partial charge is 0.261 e. The molecule has 2 aromatic carbocycles. The van der Waals surface area contributed by atoms with Crippen LogP contribution in [-0.2, 0) is 16.1 Å². The van der Waals surface area contributed by atoms with E-state index in [1.54, 1.807) is 42.5 Å². The number of ether oxygens (including phenoxy) is 1. The van der Waals surface area contributed by atoms with Crippen molar-refractivity contribution in [3.63, 3.8) is 0 Å². The number of nitrogens with one attached hydrogen (secondary N) is 1. The van der Waals surface area contributed by atoms with Crippen LogP contribution in [0.1, 0.15) is 38.7 Å². The van der Waals surface area contributed by atoms with Gasteiger partial charge in [-0.2, -0.15) is 0 Å². The molecule has 2 amide bonds. The monoisotopic (exact) mass is 484 g/mol. The molecule has 1 atom stereocenters. The zero-order chi connectivity index (χ0) is 22.8. The van der Waals surface area contributed by atoms with E-state index < -0.39 is 6.04 Å². The first-order valence-electron chi connectivity index (χ1n) is 10.3. The number of carbonyl (C=O) groups is 2. The fourth-order valence-electron chi connectivity index (χ4n) is 3.04. The molecule has 31 heavy (non-hydrogen) atoms. The number of para-hydroxylation sites is 1. The fourth-order valence-corrected chi connectivity index (χ4v) is 3.70. The molecule has 0 aliphatic heterocycles. The quantitative estimate of drug-likeness (QED) is 0.412. The molecule has 0 aliphatic carbocycles. The minimum absolute atomic E-state index is 0.153. The number of hydrogen-bond donors (Lipinski definition) is 1. The second kappa shape index (κ2) is 12.8. The maximum absolute atomic E-state index is 13.2. The zero-order valence-corrected chi connectivity index (χ0v) is 19.9. The Hall–Kier alpha value is -1.95. The van der Waals surface area contributed by atoms with Crippen LogP contribution in [0.2, 0.25) is 15.1 Å². The van der Waals surface area contributed by atoms with Gasteiger partial charge >= 0.3 is 0 Å². The molecule has 0 fully saturated rings. The highest BCUT2D eigenvalue weighted by Gasteiger charge is 2.29. The van der Waals surface area contributed by atoms with Crippen LogP contribution in [0.15, 0.2) is 42.5 Å². The Morgan fingerprint density at radius 3 is 2.45 bits per heavy atom. The molecule has 0 unspecified atom stereocenters. The highest BCUT2D eigenvalue weighted by Crippen LogP contribution is 2.25. The molecule has 0 spiro atoms. The lowest BCUT2D eigenvalue weighted by Gasteiger charge is -2.31. The third-order valence-electron chi connectivity index (χ3n) is 4.76. The molecule has 2 rings (SSSR count). The van der Waals surface area contributed by atoms with E-state index in [-0.39, 0.29) is 25.0 Å². The van der Waals surface area contributed by atoms with Gasteiger partial charge in [-0.3, -0.25) is 9.59 Å². The largest absolute Gasteiger partial charge is 0.482 e. The van der Waals surface area contributed by atoms with E-state index in [0.29, 0.717) is 39.3 Å². The van der Waals surface area contributed by atoms with Crippen molar-refractivity contribution in [1.29, 1.82) is 0 Å². The van der Waals surface area contributed by atoms with E-state index in [2.05, 4.69) is 5.32 Å². The lowest BCUT2D eigenvalue weighted by atomic mass is 10.1. The molecule has 168 valence electrons. The van der Waals surface area contributed by atoms with Gasteiger partial charge in [0.15, 0.2) is 6.61 Å². The van der Waals surface area contributed by atoms with Crippen molar-refractivity contribution in [2.75, 3.05) is 13.2 Å². The van der Waals surface area contributed by atoms with Crippen LogP contribution in [-0.4, -0.2) is 35.9 Å². The van der Waals surface area contributed by atoms with Gasteiger partial charge in [-0.1, -0.05) is 73.3 Å². The summed E-state index contributed by atoms with van der Waals surface area (Å²) < 4.78 is 5.63. The van der Waals surface area contributed by atoms with E-state index in [0.717, 1.165) is 12.8 Å². The highest BCUT2D eigenvalue weighted by atomic mass is 35.5. The van der Waals surface area contributed by atoms with Gasteiger partial charge in [-0.25, -0.2) is 0 Å². The van der Waals surface area contributed by atoms with Crippen LogP contribution in [0.5, 0.6) is 5.75 Å². The van der Waals surface area contributed by atoms with Crippen LogP contribution in [0.25, 0.3) is 0 Å². The Morgan fingerprint density at radius 2 is 1.81 bits per heavy atom. The summed E-state index contributed by atoms with van der Waals surface area (Å²) in [4.78, 5) is 27.5. The summed E-state index contributed by atoms with van der Waals surface area (Å²) in [7, 11) is 0. The Balaban J connectivity index is 2.23. The number of rotatable bonds is 11. The molecular weight excluding hydrogens is 459 g/mol. The van der Waals surface area contributed by atoms with Crippen LogP contribution in [0.4, 0.5) is 0 Å². The molecule has 8 heteroatoms. The third kappa shape index (κ3) is 7.60. The van der Waals surface area contributed by atoms with Crippen LogP contribution in [0, 0.1) is 0 Å². The Bertz CT molecular complexity index is 892. The molecule has 0 heterocycles. The van der Waals surface area contributed by atoms with Crippen LogP contribution >= 0.6 is 34.8 Å². The lowest BCUT2D eigenvalue weighted by Crippen LogP contribution is -2.50. The van der Waals surface area contributed by atoms with Gasteiger partial charge < -0.3 is 15.0 Å². The molecular formula is C23H27Cl3N2O3. The Morgan fingerprint density at radius 1 is 1.06 bits per heavy atom. The van der Waals surface area contributed by atoms with Gasteiger partial charge in [0.05, 0.1) is 5.02 Å². The molecule has 0 saturated carbocycles. The molecule has 5 nitrogen and oxygen atoms in total. The van der Waals surface area contributed by atoms with Crippen molar-refractivity contribution >= 4 is 46.6 Å². The summed E-state index contributed by atoms with van der Waals surface area (Å²) >= 11 is 18.4. The van der Waals surface area contributed by atoms with E-state index in [1.165, 1.54) is 4.90 Å². The number of carbonyl (C=O) groups excluding carboxylic acids is 2. The van der Waals surface area contributed by atoms with Gasteiger partial charge in [-0.15, -0.1) is 0 Å². The number of unbranched alkanes of at least 4 members (excludes halogenated alkanes) is 1. The second-order valence-corrected chi connectivity index (χ2v) is 8.30. The van der Waals surface area contributed by atoms with Crippen molar-refractivity contribution in [3.8, 4) is 5.75 Å². The van der Waals surface area contributed by atoms with E-state index in [4.69, 9.17) is 39.5 Å².